The van der Waals surface area contributed by atoms with Crippen LogP contribution in [0.15, 0.2) is 6.20 Å². The molecule has 0 spiro atoms. The van der Waals surface area contributed by atoms with Crippen LogP contribution in [0.3, 0.4) is 0 Å². The fourth-order valence-electron chi connectivity index (χ4n) is 2.07. The number of hydrogen-bond donors (Lipinski definition) is 1. The minimum Gasteiger partial charge on any atom is -0.393 e. The summed E-state index contributed by atoms with van der Waals surface area (Å²) in [5.41, 5.74) is 0. The molecule has 1 saturated carbocycles. The fourth-order valence-corrected chi connectivity index (χ4v) is 3.28. The maximum atomic E-state index is 9.26. The van der Waals surface area contributed by atoms with Crippen molar-refractivity contribution in [3.05, 3.63) is 16.1 Å². The van der Waals surface area contributed by atoms with Gasteiger partial charge in [0.2, 0.25) is 0 Å². The summed E-state index contributed by atoms with van der Waals surface area (Å²) < 4.78 is 0. The highest BCUT2D eigenvalue weighted by Gasteiger charge is 2.20. The van der Waals surface area contributed by atoms with E-state index in [2.05, 4.69) is 4.98 Å². The summed E-state index contributed by atoms with van der Waals surface area (Å²) in [6, 6.07) is 0. The molecule has 1 N–H and O–H groups in total. The third kappa shape index (κ3) is 2.34. The van der Waals surface area contributed by atoms with Gasteiger partial charge in [-0.15, -0.1) is 11.3 Å². The SMILES string of the molecule is CC(O)Cc1cnc(C2CCCC2)s1. The van der Waals surface area contributed by atoms with Crippen molar-refractivity contribution in [2.45, 2.75) is 51.0 Å². The van der Waals surface area contributed by atoms with E-state index < -0.39 is 0 Å². The van der Waals surface area contributed by atoms with E-state index in [0.717, 1.165) is 6.42 Å². The molecule has 2 rings (SSSR count). The van der Waals surface area contributed by atoms with Gasteiger partial charge in [0.15, 0.2) is 0 Å². The van der Waals surface area contributed by atoms with Gasteiger partial charge >= 0.3 is 0 Å². The van der Waals surface area contributed by atoms with Crippen molar-refractivity contribution in [3.63, 3.8) is 0 Å². The second-order valence-corrected chi connectivity index (χ2v) is 5.35. The highest BCUT2D eigenvalue weighted by atomic mass is 32.1. The molecule has 1 unspecified atom stereocenters. The van der Waals surface area contributed by atoms with Crippen molar-refractivity contribution in [2.75, 3.05) is 0 Å². The molecule has 0 amide bonds. The predicted octanol–water partition coefficient (Wildman–Crippen LogP) is 2.72. The lowest BCUT2D eigenvalue weighted by atomic mass is 10.1. The molecule has 14 heavy (non-hydrogen) atoms. The Hall–Kier alpha value is -0.410. The van der Waals surface area contributed by atoms with Gasteiger partial charge in [-0.05, 0) is 19.8 Å². The first-order valence-corrected chi connectivity index (χ1v) is 6.20. The molecule has 3 heteroatoms. The Morgan fingerprint density at radius 1 is 1.57 bits per heavy atom. The molecule has 0 radical (unpaired) electrons. The largest absolute Gasteiger partial charge is 0.393 e. The third-order valence-corrected chi connectivity index (χ3v) is 3.95. The smallest absolute Gasteiger partial charge is 0.0958 e. The zero-order valence-corrected chi connectivity index (χ0v) is 9.39. The second-order valence-electron chi connectivity index (χ2n) is 4.20. The summed E-state index contributed by atoms with van der Waals surface area (Å²) in [6.07, 6.45) is 7.77. The summed E-state index contributed by atoms with van der Waals surface area (Å²) in [6.45, 7) is 1.83. The summed E-state index contributed by atoms with van der Waals surface area (Å²) in [7, 11) is 0. The molecule has 1 heterocycles. The number of nitrogens with zero attached hydrogens (tertiary/aromatic N) is 1. The highest BCUT2D eigenvalue weighted by molar-refractivity contribution is 7.11. The summed E-state index contributed by atoms with van der Waals surface area (Å²) in [4.78, 5) is 5.68. The van der Waals surface area contributed by atoms with Gasteiger partial charge in [-0.25, -0.2) is 4.98 Å². The van der Waals surface area contributed by atoms with Gasteiger partial charge in [0.1, 0.15) is 0 Å². The summed E-state index contributed by atoms with van der Waals surface area (Å²) in [5, 5.41) is 10.5. The Morgan fingerprint density at radius 2 is 2.29 bits per heavy atom. The molecule has 78 valence electrons. The lowest BCUT2D eigenvalue weighted by Crippen LogP contribution is -2.01. The Bertz CT molecular complexity index is 289. The monoisotopic (exact) mass is 211 g/mol. The quantitative estimate of drug-likeness (QED) is 0.834. The Morgan fingerprint density at radius 3 is 2.93 bits per heavy atom. The van der Waals surface area contributed by atoms with Gasteiger partial charge in [0.25, 0.3) is 0 Å². The maximum Gasteiger partial charge on any atom is 0.0958 e. The van der Waals surface area contributed by atoms with Crippen LogP contribution in [0.2, 0.25) is 0 Å². The molecule has 0 bridgehead atoms. The standard InChI is InChI=1S/C11H17NOS/c1-8(13)6-10-7-12-11(14-10)9-4-2-3-5-9/h7-9,13H,2-6H2,1H3. The molecule has 0 aromatic carbocycles. The number of aliphatic hydroxyl groups excluding tert-OH is 1. The van der Waals surface area contributed by atoms with Crippen LogP contribution in [0.5, 0.6) is 0 Å². The molecule has 0 aliphatic heterocycles. The molecule has 1 aromatic heterocycles. The van der Waals surface area contributed by atoms with E-state index in [1.54, 1.807) is 11.3 Å². The van der Waals surface area contributed by atoms with Crippen molar-refractivity contribution in [2.24, 2.45) is 0 Å². The summed E-state index contributed by atoms with van der Waals surface area (Å²) in [5.74, 6) is 0.711. The van der Waals surface area contributed by atoms with Gasteiger partial charge in [0.05, 0.1) is 11.1 Å². The number of aliphatic hydroxyl groups is 1. The fraction of sp³-hybridized carbons (Fsp3) is 0.727. The van der Waals surface area contributed by atoms with Crippen LogP contribution in [0.1, 0.15) is 48.4 Å². The van der Waals surface area contributed by atoms with Crippen molar-refractivity contribution < 1.29 is 5.11 Å². The van der Waals surface area contributed by atoms with Crippen LogP contribution in [0.4, 0.5) is 0 Å². The van der Waals surface area contributed by atoms with Gasteiger partial charge in [0, 0.05) is 23.4 Å². The predicted molar refractivity (Wildman–Crippen MR) is 58.7 cm³/mol. The van der Waals surface area contributed by atoms with Gasteiger partial charge < -0.3 is 5.11 Å². The van der Waals surface area contributed by atoms with E-state index in [0.29, 0.717) is 5.92 Å². The van der Waals surface area contributed by atoms with Crippen LogP contribution in [-0.4, -0.2) is 16.2 Å². The first-order valence-electron chi connectivity index (χ1n) is 5.38. The van der Waals surface area contributed by atoms with Gasteiger partial charge in [-0.3, -0.25) is 0 Å². The number of hydrogen-bond acceptors (Lipinski definition) is 3. The zero-order valence-electron chi connectivity index (χ0n) is 8.57. The minimum atomic E-state index is -0.244. The average Bonchev–Trinajstić information content (AvgIpc) is 2.69. The van der Waals surface area contributed by atoms with Crippen LogP contribution >= 0.6 is 11.3 Å². The van der Waals surface area contributed by atoms with Crippen LogP contribution in [0, 0.1) is 0 Å². The van der Waals surface area contributed by atoms with E-state index in [-0.39, 0.29) is 6.10 Å². The molecule has 1 atom stereocenters. The topological polar surface area (TPSA) is 33.1 Å². The third-order valence-electron chi connectivity index (χ3n) is 2.77. The maximum absolute atomic E-state index is 9.26. The molecule has 1 aromatic rings. The second kappa shape index (κ2) is 4.41. The first kappa shape index (κ1) is 10.1. The molecule has 2 nitrogen and oxygen atoms in total. The Kier molecular flexibility index (Phi) is 3.19. The van der Waals surface area contributed by atoms with Crippen LogP contribution in [-0.2, 0) is 6.42 Å². The van der Waals surface area contributed by atoms with Crippen molar-refractivity contribution in [1.82, 2.24) is 4.98 Å². The van der Waals surface area contributed by atoms with Crippen LogP contribution in [0.25, 0.3) is 0 Å². The molecular weight excluding hydrogens is 194 g/mol. The van der Waals surface area contributed by atoms with Gasteiger partial charge in [-0.2, -0.15) is 0 Å². The molecule has 0 saturated heterocycles. The Balaban J connectivity index is 2.01. The van der Waals surface area contributed by atoms with E-state index in [1.807, 2.05) is 13.1 Å². The lowest BCUT2D eigenvalue weighted by Gasteiger charge is -2.02. The number of thiazole rings is 1. The average molecular weight is 211 g/mol. The normalized spacial score (nSPS) is 20.1. The van der Waals surface area contributed by atoms with Crippen molar-refractivity contribution in [3.8, 4) is 0 Å². The highest BCUT2D eigenvalue weighted by Crippen LogP contribution is 2.36. The van der Waals surface area contributed by atoms with Crippen molar-refractivity contribution in [1.29, 1.82) is 0 Å². The molecule has 1 aliphatic rings. The number of rotatable bonds is 3. The zero-order chi connectivity index (χ0) is 9.97. The van der Waals surface area contributed by atoms with Crippen molar-refractivity contribution >= 4 is 11.3 Å². The van der Waals surface area contributed by atoms with E-state index in [1.165, 1.54) is 35.6 Å². The summed E-state index contributed by atoms with van der Waals surface area (Å²) >= 11 is 1.79. The van der Waals surface area contributed by atoms with Gasteiger partial charge in [-0.1, -0.05) is 12.8 Å². The molecule has 1 aliphatic carbocycles. The van der Waals surface area contributed by atoms with Crippen LogP contribution < -0.4 is 0 Å². The van der Waals surface area contributed by atoms with E-state index in [4.69, 9.17) is 0 Å². The number of aromatic nitrogens is 1. The minimum absolute atomic E-state index is 0.244. The van der Waals surface area contributed by atoms with E-state index >= 15 is 0 Å². The molecular formula is C11H17NOS. The van der Waals surface area contributed by atoms with E-state index in [9.17, 15) is 5.11 Å². The molecule has 1 fully saturated rings. The Labute approximate surface area is 89.0 Å². The first-order chi connectivity index (χ1) is 6.75. The lowest BCUT2D eigenvalue weighted by molar-refractivity contribution is 0.196.